The van der Waals surface area contributed by atoms with Crippen LogP contribution in [0.25, 0.3) is 11.1 Å². The molecule has 9 nitrogen and oxygen atoms in total. The number of hydrogen-bond donors (Lipinski definition) is 2. The van der Waals surface area contributed by atoms with Crippen LogP contribution < -0.4 is 5.32 Å². The Balaban J connectivity index is 1.15. The number of pyridine rings is 1. The highest BCUT2D eigenvalue weighted by Gasteiger charge is 2.47. The van der Waals surface area contributed by atoms with Crippen LogP contribution in [0.4, 0.5) is 13.2 Å². The quantitative estimate of drug-likeness (QED) is 0.182. The van der Waals surface area contributed by atoms with Gasteiger partial charge in [0.2, 0.25) is 5.91 Å². The average molecular weight is 717 g/mol. The smallest absolute Gasteiger partial charge is 0.392 e. The van der Waals surface area contributed by atoms with Gasteiger partial charge in [-0.05, 0) is 72.0 Å². The third-order valence-electron chi connectivity index (χ3n) is 9.55. The van der Waals surface area contributed by atoms with Crippen molar-refractivity contribution < 1.29 is 37.3 Å². The summed E-state index contributed by atoms with van der Waals surface area (Å²) in [6, 6.07) is 28.0. The number of benzene rings is 3. The van der Waals surface area contributed by atoms with Gasteiger partial charge in [-0.15, -0.1) is 0 Å². The fourth-order valence-corrected chi connectivity index (χ4v) is 6.80. The molecule has 2 fully saturated rings. The number of likely N-dealkylation sites (tertiary alicyclic amines) is 1. The minimum absolute atomic E-state index is 0.0380. The summed E-state index contributed by atoms with van der Waals surface area (Å²) in [5.74, 6) is -2.59. The van der Waals surface area contributed by atoms with Gasteiger partial charge in [0, 0.05) is 56.5 Å². The number of aliphatic hydroxyl groups excluding tert-OH is 1. The number of aromatic nitrogens is 1. The lowest BCUT2D eigenvalue weighted by atomic mass is 9.98. The van der Waals surface area contributed by atoms with Crippen molar-refractivity contribution in [2.45, 2.75) is 69.6 Å². The van der Waals surface area contributed by atoms with Crippen molar-refractivity contribution >= 4 is 11.8 Å². The first-order valence-corrected chi connectivity index (χ1v) is 17.5. The summed E-state index contributed by atoms with van der Waals surface area (Å²) in [5.41, 5.74) is 6.22. The Hall–Kier alpha value is -4.62. The number of nitrogens with one attached hydrogen (secondary N) is 1. The summed E-state index contributed by atoms with van der Waals surface area (Å²) in [7, 11) is 2.07. The molecule has 6 rings (SSSR count). The number of alkyl halides is 3. The maximum Gasteiger partial charge on any atom is 0.471 e. The number of rotatable bonds is 12. The SMILES string of the molecule is CN(CCc1ccccn1)C[C@H]1C[C@@H](c2ccc(CO)cc2)O[C@@H](c2cccc(-c3cccc(CNC(=O)[C@@H]4CCCN4C(=O)C(F)(F)F)c3)c2)O1. The van der Waals surface area contributed by atoms with Gasteiger partial charge in [0.15, 0.2) is 6.29 Å². The molecular weight excluding hydrogens is 673 g/mol. The van der Waals surface area contributed by atoms with Crippen LogP contribution in [0.2, 0.25) is 0 Å². The van der Waals surface area contributed by atoms with Crippen LogP contribution in [0.5, 0.6) is 0 Å². The number of aliphatic hydroxyl groups is 1. The van der Waals surface area contributed by atoms with Crippen molar-refractivity contribution in [3.8, 4) is 11.1 Å². The van der Waals surface area contributed by atoms with E-state index in [0.29, 0.717) is 24.3 Å². The molecule has 0 spiro atoms. The van der Waals surface area contributed by atoms with Crippen molar-refractivity contribution in [2.75, 3.05) is 26.7 Å². The number of ether oxygens (including phenoxy) is 2. The van der Waals surface area contributed by atoms with Crippen molar-refractivity contribution in [3.63, 3.8) is 0 Å². The maximum atomic E-state index is 13.1. The third kappa shape index (κ3) is 9.43. The van der Waals surface area contributed by atoms with Crippen LogP contribution in [0.15, 0.2) is 97.2 Å². The number of carbonyl (C=O) groups excluding carboxylic acids is 2. The number of nitrogens with zero attached hydrogens (tertiary/aromatic N) is 3. The zero-order valence-corrected chi connectivity index (χ0v) is 29.0. The van der Waals surface area contributed by atoms with E-state index >= 15 is 0 Å². The zero-order chi connectivity index (χ0) is 36.7. The van der Waals surface area contributed by atoms with Crippen LogP contribution in [0.3, 0.4) is 0 Å². The van der Waals surface area contributed by atoms with Crippen molar-refractivity contribution in [2.24, 2.45) is 0 Å². The number of halogens is 3. The fraction of sp³-hybridized carbons (Fsp3) is 0.375. The Labute approximate surface area is 301 Å². The molecule has 2 N–H and O–H groups in total. The van der Waals surface area contributed by atoms with Gasteiger partial charge in [-0.2, -0.15) is 13.2 Å². The lowest BCUT2D eigenvalue weighted by molar-refractivity contribution is -0.252. The van der Waals surface area contributed by atoms with E-state index in [1.807, 2.05) is 91.0 Å². The summed E-state index contributed by atoms with van der Waals surface area (Å²) < 4.78 is 52.4. The molecule has 2 aliphatic heterocycles. The highest BCUT2D eigenvalue weighted by molar-refractivity contribution is 5.90. The predicted octanol–water partition coefficient (Wildman–Crippen LogP) is 6.13. The largest absolute Gasteiger partial charge is 0.471 e. The van der Waals surface area contributed by atoms with Crippen LogP contribution in [0, 0.1) is 0 Å². The lowest BCUT2D eigenvalue weighted by Crippen LogP contribution is -2.50. The highest BCUT2D eigenvalue weighted by atomic mass is 19.4. The van der Waals surface area contributed by atoms with E-state index in [2.05, 4.69) is 22.2 Å². The van der Waals surface area contributed by atoms with E-state index in [9.17, 15) is 27.9 Å². The molecule has 1 aromatic heterocycles. The van der Waals surface area contributed by atoms with Gasteiger partial charge >= 0.3 is 12.1 Å². The molecule has 0 bridgehead atoms. The Kier molecular flexibility index (Phi) is 12.0. The average Bonchev–Trinajstić information content (AvgIpc) is 3.66. The first kappa shape index (κ1) is 37.1. The molecule has 52 heavy (non-hydrogen) atoms. The Morgan fingerprint density at radius 3 is 2.44 bits per heavy atom. The van der Waals surface area contributed by atoms with E-state index < -0.39 is 30.3 Å². The number of hydrogen-bond acceptors (Lipinski definition) is 7. The Morgan fingerprint density at radius 2 is 1.71 bits per heavy atom. The number of amides is 2. The maximum absolute atomic E-state index is 13.1. The van der Waals surface area contributed by atoms with Crippen LogP contribution in [-0.2, 0) is 38.6 Å². The number of carbonyl (C=O) groups is 2. The van der Waals surface area contributed by atoms with E-state index in [-0.39, 0.29) is 38.3 Å². The highest BCUT2D eigenvalue weighted by Crippen LogP contribution is 2.39. The van der Waals surface area contributed by atoms with Crippen molar-refractivity contribution in [1.29, 1.82) is 0 Å². The van der Waals surface area contributed by atoms with Crippen molar-refractivity contribution in [1.82, 2.24) is 20.1 Å². The molecule has 2 aliphatic rings. The molecule has 3 heterocycles. The first-order chi connectivity index (χ1) is 25.1. The molecule has 0 aliphatic carbocycles. The standard InChI is InChI=1S/C40H43F3N4O5/c1-46(20-17-33-11-2-3-18-44-33)25-34-23-36(29-15-13-27(26-48)14-16-29)52-38(51-34)32-10-5-9-31(22-32)30-8-4-7-28(21-30)24-45-37(49)35-12-6-19-47(35)39(50)40(41,42)43/h2-5,7-11,13-16,18,21-22,34-36,38,48H,6,12,17,19-20,23-26H2,1H3,(H,45,49)/t34-,35+,36+,38+/m1/s1. The Morgan fingerprint density at radius 1 is 0.942 bits per heavy atom. The molecule has 0 saturated carbocycles. The monoisotopic (exact) mass is 716 g/mol. The summed E-state index contributed by atoms with van der Waals surface area (Å²) in [6.45, 7) is 1.46. The second kappa shape index (κ2) is 16.8. The summed E-state index contributed by atoms with van der Waals surface area (Å²) in [4.78, 5) is 32.0. The second-order valence-corrected chi connectivity index (χ2v) is 13.4. The zero-order valence-electron chi connectivity index (χ0n) is 29.0. The van der Waals surface area contributed by atoms with Crippen LogP contribution in [0.1, 0.15) is 59.6 Å². The minimum Gasteiger partial charge on any atom is -0.392 e. The predicted molar refractivity (Wildman–Crippen MR) is 188 cm³/mol. The van der Waals surface area contributed by atoms with Gasteiger partial charge in [0.25, 0.3) is 0 Å². The fourth-order valence-electron chi connectivity index (χ4n) is 6.80. The van der Waals surface area contributed by atoms with Crippen LogP contribution >= 0.6 is 0 Å². The van der Waals surface area contributed by atoms with Crippen molar-refractivity contribution in [3.05, 3.63) is 125 Å². The van der Waals surface area contributed by atoms with E-state index in [1.54, 1.807) is 6.20 Å². The van der Waals surface area contributed by atoms with E-state index in [4.69, 9.17) is 9.47 Å². The molecule has 4 aromatic rings. The van der Waals surface area contributed by atoms with Gasteiger partial charge in [-0.3, -0.25) is 14.6 Å². The molecule has 0 unspecified atom stereocenters. The normalized spacial score (nSPS) is 20.6. The third-order valence-corrected chi connectivity index (χ3v) is 9.55. The van der Waals surface area contributed by atoms with E-state index in [1.165, 1.54) is 0 Å². The number of likely N-dealkylation sites (N-methyl/N-ethyl adjacent to an activating group) is 1. The van der Waals surface area contributed by atoms with Gasteiger partial charge in [0.1, 0.15) is 6.04 Å². The van der Waals surface area contributed by atoms with Gasteiger partial charge in [0.05, 0.1) is 18.8 Å². The molecule has 2 amide bonds. The molecule has 2 saturated heterocycles. The minimum atomic E-state index is -5.02. The van der Waals surface area contributed by atoms with Gasteiger partial charge < -0.3 is 29.7 Å². The van der Waals surface area contributed by atoms with E-state index in [0.717, 1.165) is 52.0 Å². The summed E-state index contributed by atoms with van der Waals surface area (Å²) in [6.07, 6.45) is -2.26. The molecule has 274 valence electrons. The molecule has 4 atom stereocenters. The topological polar surface area (TPSA) is 104 Å². The molecular formula is C40H43F3N4O5. The van der Waals surface area contributed by atoms with Gasteiger partial charge in [-0.25, -0.2) is 0 Å². The summed E-state index contributed by atoms with van der Waals surface area (Å²) >= 11 is 0. The lowest BCUT2D eigenvalue weighted by Gasteiger charge is -2.38. The molecule has 3 aromatic carbocycles. The first-order valence-electron chi connectivity index (χ1n) is 17.5. The van der Waals surface area contributed by atoms with Crippen LogP contribution in [-0.4, -0.2) is 76.7 Å². The second-order valence-electron chi connectivity index (χ2n) is 13.4. The Bertz CT molecular complexity index is 1810. The molecule has 12 heteroatoms. The molecule has 0 radical (unpaired) electrons. The summed E-state index contributed by atoms with van der Waals surface area (Å²) in [5, 5.41) is 12.3. The van der Waals surface area contributed by atoms with Gasteiger partial charge in [-0.1, -0.05) is 66.7 Å².